The molecule has 3 N–H and O–H groups in total. The van der Waals surface area contributed by atoms with Crippen molar-refractivity contribution in [3.8, 4) is 11.5 Å². The van der Waals surface area contributed by atoms with Crippen molar-refractivity contribution in [1.82, 2.24) is 10.6 Å². The zero-order chi connectivity index (χ0) is 15.6. The number of urea groups is 1. The van der Waals surface area contributed by atoms with E-state index in [-0.39, 0.29) is 27.7 Å². The van der Waals surface area contributed by atoms with Gasteiger partial charge >= 0.3 is 6.03 Å². The summed E-state index contributed by atoms with van der Waals surface area (Å²) in [6, 6.07) is 2.05. The molecule has 0 spiro atoms. The fourth-order valence-electron chi connectivity index (χ4n) is 1.71. The minimum Gasteiger partial charge on any atom is -0.506 e. The van der Waals surface area contributed by atoms with E-state index in [0.29, 0.717) is 6.61 Å². The van der Waals surface area contributed by atoms with Gasteiger partial charge in [-0.2, -0.15) is 0 Å². The number of benzene rings is 1. The van der Waals surface area contributed by atoms with Crippen molar-refractivity contribution in [3.63, 3.8) is 0 Å². The number of nitrogens with one attached hydrogen (secondary N) is 2. The molecule has 1 fully saturated rings. The van der Waals surface area contributed by atoms with E-state index in [1.807, 2.05) is 10.6 Å². The first-order chi connectivity index (χ1) is 9.93. The van der Waals surface area contributed by atoms with E-state index in [9.17, 15) is 19.5 Å². The summed E-state index contributed by atoms with van der Waals surface area (Å²) in [5.41, 5.74) is -0.164. The molecule has 1 aromatic rings. The van der Waals surface area contributed by atoms with Crippen LogP contribution in [-0.4, -0.2) is 29.6 Å². The third-order valence-electron chi connectivity index (χ3n) is 2.65. The number of rotatable bonds is 3. The van der Waals surface area contributed by atoms with Crippen LogP contribution in [0.3, 0.4) is 0 Å². The van der Waals surface area contributed by atoms with Gasteiger partial charge in [-0.3, -0.25) is 20.2 Å². The average molecular weight is 311 g/mol. The van der Waals surface area contributed by atoms with Crippen molar-refractivity contribution < 1.29 is 24.2 Å². The summed E-state index contributed by atoms with van der Waals surface area (Å²) < 4.78 is 5.20. The number of phenols is 1. The molecule has 4 amide bonds. The number of amides is 4. The van der Waals surface area contributed by atoms with Crippen LogP contribution in [-0.2, 0) is 9.59 Å². The van der Waals surface area contributed by atoms with Crippen LogP contribution in [0.2, 0.25) is 5.02 Å². The minimum absolute atomic E-state index is 0.0288. The molecule has 110 valence electrons. The number of halogens is 1. The zero-order valence-electron chi connectivity index (χ0n) is 10.9. The van der Waals surface area contributed by atoms with Crippen LogP contribution in [0, 0.1) is 0 Å². The minimum atomic E-state index is -0.893. The second-order valence-corrected chi connectivity index (χ2v) is 4.42. The molecule has 1 saturated heterocycles. The lowest BCUT2D eigenvalue weighted by Crippen LogP contribution is -2.51. The molecule has 1 aromatic carbocycles. The maximum Gasteiger partial charge on any atom is 0.328 e. The van der Waals surface area contributed by atoms with Gasteiger partial charge in [0.25, 0.3) is 11.8 Å². The van der Waals surface area contributed by atoms with Crippen molar-refractivity contribution in [3.05, 3.63) is 28.3 Å². The standard InChI is InChI=1S/C13H11ClN2O5/c1-2-21-8-4-3-6(10(17)9(8)14)5-7-11(18)15-13(20)16-12(7)19/h3-5,17H,2H2,1H3,(H2,15,16,18,19,20). The Hall–Kier alpha value is -2.54. The van der Waals surface area contributed by atoms with Gasteiger partial charge in [-0.25, -0.2) is 4.79 Å². The second-order valence-electron chi connectivity index (χ2n) is 4.04. The van der Waals surface area contributed by atoms with Crippen LogP contribution >= 0.6 is 11.6 Å². The molecule has 21 heavy (non-hydrogen) atoms. The van der Waals surface area contributed by atoms with Gasteiger partial charge in [-0.05, 0) is 25.1 Å². The molecule has 1 heterocycles. The highest BCUT2D eigenvalue weighted by Crippen LogP contribution is 2.37. The Morgan fingerprint density at radius 3 is 2.43 bits per heavy atom. The average Bonchev–Trinajstić information content (AvgIpc) is 2.41. The van der Waals surface area contributed by atoms with Gasteiger partial charge in [0.1, 0.15) is 22.1 Å². The van der Waals surface area contributed by atoms with Crippen LogP contribution in [0.15, 0.2) is 17.7 Å². The highest BCUT2D eigenvalue weighted by Gasteiger charge is 2.28. The Kier molecular flexibility index (Phi) is 4.13. The van der Waals surface area contributed by atoms with Gasteiger partial charge in [0.15, 0.2) is 0 Å². The molecular weight excluding hydrogens is 300 g/mol. The number of ether oxygens (including phenoxy) is 1. The summed E-state index contributed by atoms with van der Waals surface area (Å²) in [5.74, 6) is -1.75. The molecule has 1 aliphatic rings. The van der Waals surface area contributed by atoms with Gasteiger partial charge in [-0.15, -0.1) is 0 Å². The molecule has 0 unspecified atom stereocenters. The van der Waals surface area contributed by atoms with Crippen LogP contribution in [0.1, 0.15) is 12.5 Å². The predicted molar refractivity (Wildman–Crippen MR) is 73.9 cm³/mol. The van der Waals surface area contributed by atoms with E-state index in [4.69, 9.17) is 16.3 Å². The molecule has 1 aliphatic heterocycles. The fraction of sp³-hybridized carbons (Fsp3) is 0.154. The number of phenolic OH excluding ortho intramolecular Hbond substituents is 1. The second kappa shape index (κ2) is 5.84. The van der Waals surface area contributed by atoms with E-state index in [0.717, 1.165) is 6.08 Å². The molecular formula is C13H11ClN2O5. The largest absolute Gasteiger partial charge is 0.506 e. The van der Waals surface area contributed by atoms with E-state index in [2.05, 4.69) is 0 Å². The number of hydrogen-bond donors (Lipinski definition) is 3. The van der Waals surface area contributed by atoms with Crippen molar-refractivity contribution >= 4 is 35.5 Å². The highest BCUT2D eigenvalue weighted by atomic mass is 35.5. The van der Waals surface area contributed by atoms with Gasteiger partial charge in [0.05, 0.1) is 6.61 Å². The zero-order valence-corrected chi connectivity index (χ0v) is 11.7. The Labute approximate surface area is 124 Å². The molecule has 0 bridgehead atoms. The summed E-state index contributed by atoms with van der Waals surface area (Å²) in [4.78, 5) is 34.1. The predicted octanol–water partition coefficient (Wildman–Crippen LogP) is 1.19. The summed E-state index contributed by atoms with van der Waals surface area (Å²) in [6.45, 7) is 2.13. The number of barbiturate groups is 1. The van der Waals surface area contributed by atoms with E-state index in [1.165, 1.54) is 12.1 Å². The number of aromatic hydroxyl groups is 1. The van der Waals surface area contributed by atoms with Crippen LogP contribution in [0.25, 0.3) is 6.08 Å². The maximum atomic E-state index is 11.6. The third kappa shape index (κ3) is 2.97. The van der Waals surface area contributed by atoms with E-state index < -0.39 is 17.8 Å². The Balaban J connectivity index is 2.41. The van der Waals surface area contributed by atoms with Crippen LogP contribution < -0.4 is 15.4 Å². The Bertz CT molecular complexity index is 647. The first-order valence-corrected chi connectivity index (χ1v) is 6.34. The van der Waals surface area contributed by atoms with Gasteiger partial charge < -0.3 is 9.84 Å². The molecule has 0 aromatic heterocycles. The number of imide groups is 2. The summed E-state index contributed by atoms with van der Waals surface area (Å²) in [5, 5.41) is 13.8. The molecule has 7 nitrogen and oxygen atoms in total. The maximum absolute atomic E-state index is 11.6. The number of carbonyl (C=O) groups excluding carboxylic acids is 3. The lowest BCUT2D eigenvalue weighted by atomic mass is 10.1. The van der Waals surface area contributed by atoms with Gasteiger partial charge in [-0.1, -0.05) is 11.6 Å². The lowest BCUT2D eigenvalue weighted by molar-refractivity contribution is -0.123. The summed E-state index contributed by atoms with van der Waals surface area (Å²) >= 11 is 5.93. The van der Waals surface area contributed by atoms with Crippen molar-refractivity contribution in [2.75, 3.05) is 6.61 Å². The van der Waals surface area contributed by atoms with Crippen LogP contribution in [0.4, 0.5) is 4.79 Å². The van der Waals surface area contributed by atoms with Crippen molar-refractivity contribution in [2.45, 2.75) is 6.92 Å². The molecule has 0 saturated carbocycles. The SMILES string of the molecule is CCOc1ccc(C=C2C(=O)NC(=O)NC2=O)c(O)c1Cl. The van der Waals surface area contributed by atoms with Crippen LogP contribution in [0.5, 0.6) is 11.5 Å². The number of hydrogen-bond acceptors (Lipinski definition) is 5. The first kappa shape index (κ1) is 14.9. The summed E-state index contributed by atoms with van der Waals surface area (Å²) in [7, 11) is 0. The molecule has 0 atom stereocenters. The molecule has 8 heteroatoms. The smallest absolute Gasteiger partial charge is 0.328 e. The quantitative estimate of drug-likeness (QED) is 0.574. The third-order valence-corrected chi connectivity index (χ3v) is 3.02. The Morgan fingerprint density at radius 2 is 1.86 bits per heavy atom. The molecule has 0 aliphatic carbocycles. The highest BCUT2D eigenvalue weighted by molar-refractivity contribution is 6.34. The van der Waals surface area contributed by atoms with E-state index in [1.54, 1.807) is 6.92 Å². The van der Waals surface area contributed by atoms with E-state index >= 15 is 0 Å². The fourth-order valence-corrected chi connectivity index (χ4v) is 1.93. The van der Waals surface area contributed by atoms with Crippen molar-refractivity contribution in [2.24, 2.45) is 0 Å². The topological polar surface area (TPSA) is 105 Å². The first-order valence-electron chi connectivity index (χ1n) is 5.96. The lowest BCUT2D eigenvalue weighted by Gasteiger charge is -2.14. The normalized spacial score (nSPS) is 14.6. The van der Waals surface area contributed by atoms with Crippen molar-refractivity contribution in [1.29, 1.82) is 0 Å². The number of carbonyl (C=O) groups is 3. The Morgan fingerprint density at radius 1 is 1.24 bits per heavy atom. The van der Waals surface area contributed by atoms with Gasteiger partial charge in [0, 0.05) is 5.56 Å². The van der Waals surface area contributed by atoms with Gasteiger partial charge in [0.2, 0.25) is 0 Å². The monoisotopic (exact) mass is 310 g/mol. The molecule has 0 radical (unpaired) electrons. The summed E-state index contributed by atoms with van der Waals surface area (Å²) in [6.07, 6.45) is 1.13. The molecule has 2 rings (SSSR count).